The van der Waals surface area contributed by atoms with Gasteiger partial charge in [0.2, 0.25) is 0 Å². The van der Waals surface area contributed by atoms with Crippen molar-refractivity contribution in [2.24, 2.45) is 0 Å². The topological polar surface area (TPSA) is 83.9 Å². The van der Waals surface area contributed by atoms with Gasteiger partial charge in [-0.05, 0) is 25.5 Å². The molecule has 1 aliphatic heterocycles. The molecule has 4 rings (SSSR count). The normalized spacial score (nSPS) is 16.8. The second-order valence-corrected chi connectivity index (χ2v) is 6.55. The monoisotopic (exact) mass is 349 g/mol. The first-order chi connectivity index (χ1) is 12.6. The maximum atomic E-state index is 12.8. The van der Waals surface area contributed by atoms with Gasteiger partial charge in [0.05, 0.1) is 11.4 Å². The molecule has 0 radical (unpaired) electrons. The molecule has 1 saturated heterocycles. The van der Waals surface area contributed by atoms with Crippen molar-refractivity contribution in [1.29, 1.82) is 0 Å². The van der Waals surface area contributed by atoms with E-state index in [1.54, 1.807) is 23.5 Å². The van der Waals surface area contributed by atoms with E-state index >= 15 is 0 Å². The van der Waals surface area contributed by atoms with Gasteiger partial charge in [-0.25, -0.2) is 4.68 Å². The van der Waals surface area contributed by atoms with Gasteiger partial charge < -0.3 is 4.90 Å². The quantitative estimate of drug-likeness (QED) is 0.783. The largest absolute Gasteiger partial charge is 0.337 e. The number of hydrogen-bond donors (Lipinski definition) is 1. The summed E-state index contributed by atoms with van der Waals surface area (Å²) in [5, 5.41) is 2.93. The number of amides is 1. The molecular formula is C19H19N5O2. The summed E-state index contributed by atoms with van der Waals surface area (Å²) < 4.78 is 1.39. The molecular weight excluding hydrogens is 330 g/mol. The van der Waals surface area contributed by atoms with Crippen LogP contribution in [0.4, 0.5) is 0 Å². The molecule has 0 bridgehead atoms. The Morgan fingerprint density at radius 2 is 2.04 bits per heavy atom. The molecule has 1 unspecified atom stereocenters. The molecule has 1 aliphatic rings. The minimum atomic E-state index is -0.248. The van der Waals surface area contributed by atoms with Gasteiger partial charge in [0.1, 0.15) is 5.69 Å². The smallest absolute Gasteiger partial charge is 0.271 e. The number of likely N-dealkylation sites (tertiary alicyclic amines) is 1. The highest BCUT2D eigenvalue weighted by Gasteiger charge is 2.30. The van der Waals surface area contributed by atoms with E-state index in [0.29, 0.717) is 24.5 Å². The van der Waals surface area contributed by atoms with Crippen molar-refractivity contribution >= 4 is 5.91 Å². The van der Waals surface area contributed by atoms with Crippen LogP contribution in [0.5, 0.6) is 0 Å². The van der Waals surface area contributed by atoms with Crippen molar-refractivity contribution < 1.29 is 4.79 Å². The highest BCUT2D eigenvalue weighted by Crippen LogP contribution is 2.26. The summed E-state index contributed by atoms with van der Waals surface area (Å²) in [5.74, 6) is 0.0120. The fourth-order valence-electron chi connectivity index (χ4n) is 3.27. The SMILES string of the molecule is Cc1ccc(-n2[nH]c(C(=O)N3CCC(c4cnccn4)C3)cc2=O)cc1. The number of carbonyl (C=O) groups excluding carboxylic acids is 1. The van der Waals surface area contributed by atoms with Gasteiger partial charge in [0.15, 0.2) is 0 Å². The van der Waals surface area contributed by atoms with Crippen LogP contribution in [0, 0.1) is 6.92 Å². The number of aromatic amines is 1. The van der Waals surface area contributed by atoms with Crippen LogP contribution in [0.1, 0.15) is 34.1 Å². The van der Waals surface area contributed by atoms with E-state index in [-0.39, 0.29) is 17.4 Å². The molecule has 132 valence electrons. The van der Waals surface area contributed by atoms with E-state index in [2.05, 4.69) is 15.1 Å². The highest BCUT2D eigenvalue weighted by molar-refractivity contribution is 5.92. The molecule has 2 aromatic heterocycles. The van der Waals surface area contributed by atoms with Crippen LogP contribution in [0.25, 0.3) is 5.69 Å². The Morgan fingerprint density at radius 1 is 1.23 bits per heavy atom. The second kappa shape index (κ2) is 6.59. The lowest BCUT2D eigenvalue weighted by Crippen LogP contribution is -2.29. The molecule has 3 aromatic rings. The van der Waals surface area contributed by atoms with Crippen LogP contribution < -0.4 is 5.56 Å². The number of aryl methyl sites for hydroxylation is 1. The lowest BCUT2D eigenvalue weighted by molar-refractivity contribution is 0.0784. The number of rotatable bonds is 3. The van der Waals surface area contributed by atoms with E-state index in [1.807, 2.05) is 31.2 Å². The molecule has 1 N–H and O–H groups in total. The first-order valence-electron chi connectivity index (χ1n) is 8.56. The summed E-state index contributed by atoms with van der Waals surface area (Å²) in [6.45, 7) is 3.20. The number of nitrogens with one attached hydrogen (secondary N) is 1. The van der Waals surface area contributed by atoms with E-state index < -0.39 is 0 Å². The van der Waals surface area contributed by atoms with E-state index in [1.165, 1.54) is 10.7 Å². The van der Waals surface area contributed by atoms with E-state index in [0.717, 1.165) is 17.7 Å². The van der Waals surface area contributed by atoms with Crippen molar-refractivity contribution in [3.8, 4) is 5.69 Å². The van der Waals surface area contributed by atoms with Crippen LogP contribution in [0.2, 0.25) is 0 Å². The van der Waals surface area contributed by atoms with Crippen molar-refractivity contribution in [3.05, 3.63) is 76.2 Å². The highest BCUT2D eigenvalue weighted by atomic mass is 16.2. The van der Waals surface area contributed by atoms with E-state index in [9.17, 15) is 9.59 Å². The van der Waals surface area contributed by atoms with Gasteiger partial charge >= 0.3 is 0 Å². The molecule has 7 nitrogen and oxygen atoms in total. The van der Waals surface area contributed by atoms with Crippen molar-refractivity contribution in [3.63, 3.8) is 0 Å². The number of carbonyl (C=O) groups is 1. The first kappa shape index (κ1) is 16.3. The maximum absolute atomic E-state index is 12.8. The lowest BCUT2D eigenvalue weighted by atomic mass is 10.1. The maximum Gasteiger partial charge on any atom is 0.271 e. The molecule has 0 spiro atoms. The zero-order valence-electron chi connectivity index (χ0n) is 14.4. The van der Waals surface area contributed by atoms with Crippen LogP contribution in [-0.2, 0) is 0 Å². The summed E-state index contributed by atoms with van der Waals surface area (Å²) in [4.78, 5) is 35.2. The standard InChI is InChI=1S/C19H19N5O2/c1-13-2-4-15(5-3-13)24-18(25)10-16(22-24)19(26)23-9-6-14(12-23)17-11-20-7-8-21-17/h2-5,7-8,10-11,14,22H,6,9,12H2,1H3. The van der Waals surface area contributed by atoms with Crippen LogP contribution in [-0.4, -0.2) is 43.6 Å². The average Bonchev–Trinajstić information content (AvgIpc) is 3.30. The molecule has 7 heteroatoms. The number of benzene rings is 1. The summed E-state index contributed by atoms with van der Waals surface area (Å²) in [7, 11) is 0. The zero-order valence-corrected chi connectivity index (χ0v) is 14.4. The molecule has 0 saturated carbocycles. The molecule has 1 amide bonds. The number of aromatic nitrogens is 4. The van der Waals surface area contributed by atoms with Crippen LogP contribution in [0.3, 0.4) is 0 Å². The third kappa shape index (κ3) is 3.03. The predicted octanol–water partition coefficient (Wildman–Crippen LogP) is 1.89. The van der Waals surface area contributed by atoms with Gasteiger partial charge in [-0.3, -0.25) is 24.7 Å². The van der Waals surface area contributed by atoms with Gasteiger partial charge in [-0.15, -0.1) is 0 Å². The van der Waals surface area contributed by atoms with Gasteiger partial charge in [0, 0.05) is 43.7 Å². The van der Waals surface area contributed by atoms with Crippen LogP contribution >= 0.6 is 0 Å². The summed E-state index contributed by atoms with van der Waals surface area (Å²) in [5.41, 5.74) is 2.76. The third-order valence-electron chi connectivity index (χ3n) is 4.72. The second-order valence-electron chi connectivity index (χ2n) is 6.55. The number of nitrogens with zero attached hydrogens (tertiary/aromatic N) is 4. The van der Waals surface area contributed by atoms with Crippen molar-refractivity contribution in [1.82, 2.24) is 24.6 Å². The first-order valence-corrected chi connectivity index (χ1v) is 8.56. The zero-order chi connectivity index (χ0) is 18.1. The molecule has 1 aromatic carbocycles. The molecule has 1 fully saturated rings. The fourth-order valence-corrected chi connectivity index (χ4v) is 3.27. The van der Waals surface area contributed by atoms with Gasteiger partial charge in [-0.2, -0.15) is 0 Å². The van der Waals surface area contributed by atoms with Crippen LogP contribution in [0.15, 0.2) is 53.7 Å². The van der Waals surface area contributed by atoms with Crippen molar-refractivity contribution in [2.75, 3.05) is 13.1 Å². The number of hydrogen-bond acceptors (Lipinski definition) is 4. The minimum absolute atomic E-state index is 0.167. The Hall–Kier alpha value is -3.22. The lowest BCUT2D eigenvalue weighted by Gasteiger charge is -2.15. The molecule has 3 heterocycles. The summed E-state index contributed by atoms with van der Waals surface area (Å²) >= 11 is 0. The Morgan fingerprint density at radius 3 is 2.77 bits per heavy atom. The van der Waals surface area contributed by atoms with Crippen molar-refractivity contribution in [2.45, 2.75) is 19.3 Å². The van der Waals surface area contributed by atoms with E-state index in [4.69, 9.17) is 0 Å². The predicted molar refractivity (Wildman–Crippen MR) is 96.4 cm³/mol. The Bertz CT molecular complexity index is 975. The molecule has 1 atom stereocenters. The van der Waals surface area contributed by atoms with Gasteiger partial charge in [0.25, 0.3) is 11.5 Å². The minimum Gasteiger partial charge on any atom is -0.337 e. The Labute approximate surface area is 150 Å². The third-order valence-corrected chi connectivity index (χ3v) is 4.72. The fraction of sp³-hybridized carbons (Fsp3) is 0.263. The summed E-state index contributed by atoms with van der Waals surface area (Å²) in [6, 6.07) is 8.91. The van der Waals surface area contributed by atoms with Gasteiger partial charge in [-0.1, -0.05) is 17.7 Å². The average molecular weight is 349 g/mol. The summed E-state index contributed by atoms with van der Waals surface area (Å²) in [6.07, 6.45) is 5.89. The number of H-pyrrole nitrogens is 1. The molecule has 26 heavy (non-hydrogen) atoms. The Kier molecular flexibility index (Phi) is 4.12. The molecule has 0 aliphatic carbocycles. The Balaban J connectivity index is 1.53.